The van der Waals surface area contributed by atoms with Crippen molar-refractivity contribution in [1.29, 1.82) is 0 Å². The molecular weight excluding hydrogens is 314 g/mol. The van der Waals surface area contributed by atoms with Crippen molar-refractivity contribution in [2.45, 2.75) is 50.5 Å². The van der Waals surface area contributed by atoms with Crippen LogP contribution in [0.25, 0.3) is 0 Å². The average molecular weight is 337 g/mol. The lowest BCUT2D eigenvalue weighted by atomic mass is 9.82. The van der Waals surface area contributed by atoms with Crippen LogP contribution in [0, 0.1) is 5.92 Å². The molecule has 4 amide bonds. The third-order valence-corrected chi connectivity index (χ3v) is 5.44. The van der Waals surface area contributed by atoms with Crippen LogP contribution in [0.15, 0.2) is 0 Å². The SMILES string of the molecule is O=C(O)C1CCN(C(=O)CN2C(=O)NC3(CCCCC3)C2=O)CC1. The predicted molar refractivity (Wildman–Crippen MR) is 83.0 cm³/mol. The fourth-order valence-corrected chi connectivity index (χ4v) is 3.93. The number of piperidine rings is 1. The van der Waals surface area contributed by atoms with Gasteiger partial charge in [-0.25, -0.2) is 4.79 Å². The predicted octanol–water partition coefficient (Wildman–Crippen LogP) is 0.564. The van der Waals surface area contributed by atoms with Crippen molar-refractivity contribution in [2.24, 2.45) is 5.92 Å². The fraction of sp³-hybridized carbons (Fsp3) is 0.750. The highest BCUT2D eigenvalue weighted by Gasteiger charge is 2.51. The summed E-state index contributed by atoms with van der Waals surface area (Å²) in [4.78, 5) is 50.7. The minimum absolute atomic E-state index is 0.260. The highest BCUT2D eigenvalue weighted by atomic mass is 16.4. The lowest BCUT2D eigenvalue weighted by Crippen LogP contribution is -2.49. The number of carboxylic acid groups (broad SMARTS) is 1. The Hall–Kier alpha value is -2.12. The topological polar surface area (TPSA) is 107 Å². The molecule has 132 valence electrons. The van der Waals surface area contributed by atoms with E-state index in [1.807, 2.05) is 0 Å². The van der Waals surface area contributed by atoms with Gasteiger partial charge in [-0.2, -0.15) is 0 Å². The Balaban J connectivity index is 1.59. The summed E-state index contributed by atoms with van der Waals surface area (Å²) in [5, 5.41) is 11.8. The lowest BCUT2D eigenvalue weighted by Gasteiger charge is -2.32. The van der Waals surface area contributed by atoms with Gasteiger partial charge >= 0.3 is 12.0 Å². The van der Waals surface area contributed by atoms with Gasteiger partial charge in [-0.1, -0.05) is 19.3 Å². The zero-order chi connectivity index (χ0) is 17.3. The number of hydrogen-bond donors (Lipinski definition) is 2. The Morgan fingerprint density at radius 2 is 1.75 bits per heavy atom. The van der Waals surface area contributed by atoms with E-state index in [4.69, 9.17) is 5.11 Å². The molecule has 24 heavy (non-hydrogen) atoms. The van der Waals surface area contributed by atoms with Crippen LogP contribution in [0.2, 0.25) is 0 Å². The summed E-state index contributed by atoms with van der Waals surface area (Å²) in [6, 6.07) is -0.490. The number of rotatable bonds is 3. The van der Waals surface area contributed by atoms with Crippen LogP contribution >= 0.6 is 0 Å². The van der Waals surface area contributed by atoms with Gasteiger partial charge in [-0.3, -0.25) is 19.3 Å². The molecule has 2 N–H and O–H groups in total. The largest absolute Gasteiger partial charge is 0.481 e. The number of hydrogen-bond acceptors (Lipinski definition) is 4. The average Bonchev–Trinajstić information content (AvgIpc) is 2.79. The van der Waals surface area contributed by atoms with E-state index >= 15 is 0 Å². The highest BCUT2D eigenvalue weighted by molar-refractivity contribution is 6.09. The van der Waals surface area contributed by atoms with Gasteiger partial charge in [0.2, 0.25) is 5.91 Å². The molecule has 1 aliphatic carbocycles. The van der Waals surface area contributed by atoms with E-state index in [-0.39, 0.29) is 18.4 Å². The van der Waals surface area contributed by atoms with E-state index in [0.29, 0.717) is 38.8 Å². The molecule has 2 heterocycles. The van der Waals surface area contributed by atoms with Crippen LogP contribution in [0.1, 0.15) is 44.9 Å². The van der Waals surface area contributed by atoms with Crippen molar-refractivity contribution < 1.29 is 24.3 Å². The molecule has 0 unspecified atom stereocenters. The smallest absolute Gasteiger partial charge is 0.325 e. The van der Waals surface area contributed by atoms with Crippen molar-refractivity contribution >= 4 is 23.8 Å². The number of carbonyl (C=O) groups is 4. The Labute approximate surface area is 140 Å². The van der Waals surface area contributed by atoms with Crippen LogP contribution in [-0.4, -0.2) is 63.9 Å². The van der Waals surface area contributed by atoms with Gasteiger partial charge in [-0.15, -0.1) is 0 Å². The summed E-state index contributed by atoms with van der Waals surface area (Å²) < 4.78 is 0. The van der Waals surface area contributed by atoms with E-state index in [1.54, 1.807) is 4.90 Å². The van der Waals surface area contributed by atoms with E-state index in [1.165, 1.54) is 0 Å². The molecule has 0 aromatic rings. The van der Waals surface area contributed by atoms with E-state index in [9.17, 15) is 19.2 Å². The van der Waals surface area contributed by atoms with Crippen LogP contribution in [0.3, 0.4) is 0 Å². The molecule has 1 spiro atoms. The first-order valence-corrected chi connectivity index (χ1v) is 8.58. The van der Waals surface area contributed by atoms with E-state index < -0.39 is 23.5 Å². The van der Waals surface area contributed by atoms with E-state index in [2.05, 4.69) is 5.32 Å². The van der Waals surface area contributed by atoms with Crippen molar-refractivity contribution in [1.82, 2.24) is 15.1 Å². The number of imide groups is 1. The molecule has 2 aliphatic heterocycles. The molecule has 0 atom stereocenters. The number of amides is 4. The Kier molecular flexibility index (Phi) is 4.47. The maximum absolute atomic E-state index is 12.6. The zero-order valence-corrected chi connectivity index (χ0v) is 13.6. The summed E-state index contributed by atoms with van der Waals surface area (Å²) in [6.45, 7) is 0.444. The van der Waals surface area contributed by atoms with Gasteiger partial charge in [0.1, 0.15) is 12.1 Å². The number of aliphatic carboxylic acids is 1. The lowest BCUT2D eigenvalue weighted by molar-refractivity contribution is -0.146. The van der Waals surface area contributed by atoms with Gasteiger partial charge in [0.25, 0.3) is 5.91 Å². The third-order valence-electron chi connectivity index (χ3n) is 5.44. The maximum atomic E-state index is 12.6. The number of carboxylic acids is 1. The molecule has 1 saturated carbocycles. The van der Waals surface area contributed by atoms with Gasteiger partial charge in [0.15, 0.2) is 0 Å². The molecule has 0 aromatic heterocycles. The molecule has 3 fully saturated rings. The Bertz CT molecular complexity index is 562. The van der Waals surface area contributed by atoms with Crippen molar-refractivity contribution in [3.8, 4) is 0 Å². The summed E-state index contributed by atoms with van der Waals surface area (Å²) >= 11 is 0. The van der Waals surface area contributed by atoms with E-state index in [0.717, 1.165) is 24.2 Å². The monoisotopic (exact) mass is 337 g/mol. The first-order chi connectivity index (χ1) is 11.4. The maximum Gasteiger partial charge on any atom is 0.325 e. The highest BCUT2D eigenvalue weighted by Crippen LogP contribution is 2.33. The Morgan fingerprint density at radius 1 is 1.12 bits per heavy atom. The van der Waals surface area contributed by atoms with Gasteiger partial charge in [-0.05, 0) is 25.7 Å². The molecular formula is C16H23N3O5. The minimum atomic E-state index is -0.838. The number of nitrogens with zero attached hydrogens (tertiary/aromatic N) is 2. The second-order valence-electron chi connectivity index (χ2n) is 6.96. The molecule has 8 heteroatoms. The summed E-state index contributed by atoms with van der Waals surface area (Å²) in [7, 11) is 0. The van der Waals surface area contributed by atoms with Crippen molar-refractivity contribution in [3.63, 3.8) is 0 Å². The minimum Gasteiger partial charge on any atom is -0.481 e. The van der Waals surface area contributed by atoms with Gasteiger partial charge in [0.05, 0.1) is 5.92 Å². The summed E-state index contributed by atoms with van der Waals surface area (Å²) in [6.07, 6.45) is 4.93. The molecule has 0 aromatic carbocycles. The Morgan fingerprint density at radius 3 is 2.33 bits per heavy atom. The molecule has 3 aliphatic rings. The normalized spacial score (nSPS) is 24.3. The van der Waals surface area contributed by atoms with Crippen LogP contribution in [-0.2, 0) is 14.4 Å². The quantitative estimate of drug-likeness (QED) is 0.732. The van der Waals surface area contributed by atoms with Crippen molar-refractivity contribution in [2.75, 3.05) is 19.6 Å². The van der Waals surface area contributed by atoms with Crippen molar-refractivity contribution in [3.05, 3.63) is 0 Å². The first kappa shape index (κ1) is 16.7. The van der Waals surface area contributed by atoms with Crippen LogP contribution in [0.5, 0.6) is 0 Å². The molecule has 0 bridgehead atoms. The van der Waals surface area contributed by atoms with Gasteiger partial charge in [0, 0.05) is 13.1 Å². The second kappa shape index (κ2) is 6.41. The molecule has 3 rings (SSSR count). The van der Waals surface area contributed by atoms with Crippen LogP contribution in [0.4, 0.5) is 4.79 Å². The second-order valence-corrected chi connectivity index (χ2v) is 6.96. The van der Waals surface area contributed by atoms with Gasteiger partial charge < -0.3 is 15.3 Å². The molecule has 2 saturated heterocycles. The standard InChI is InChI=1S/C16H23N3O5/c20-12(18-8-4-11(5-9-18)13(21)22)10-19-14(23)16(17-15(19)24)6-2-1-3-7-16/h11H,1-10H2,(H,17,24)(H,21,22). The fourth-order valence-electron chi connectivity index (χ4n) is 3.93. The molecule has 8 nitrogen and oxygen atoms in total. The third kappa shape index (κ3) is 2.97. The van der Waals surface area contributed by atoms with Crippen LogP contribution < -0.4 is 5.32 Å². The zero-order valence-electron chi connectivity index (χ0n) is 13.6. The number of urea groups is 1. The number of nitrogens with one attached hydrogen (secondary N) is 1. The summed E-state index contributed by atoms with van der Waals surface area (Å²) in [5.74, 6) is -1.84. The first-order valence-electron chi connectivity index (χ1n) is 8.58. The molecule has 0 radical (unpaired) electrons. The summed E-state index contributed by atoms with van der Waals surface area (Å²) in [5.41, 5.74) is -0.814. The number of carbonyl (C=O) groups excluding carboxylic acids is 3. The number of likely N-dealkylation sites (tertiary alicyclic amines) is 1.